The highest BCUT2D eigenvalue weighted by molar-refractivity contribution is 5.41. The molecule has 76 valence electrons. The van der Waals surface area contributed by atoms with E-state index in [4.69, 9.17) is 4.74 Å². The maximum atomic E-state index is 5.47. The third-order valence-corrected chi connectivity index (χ3v) is 3.02. The fourth-order valence-corrected chi connectivity index (χ4v) is 2.30. The number of para-hydroxylation sites is 1. The van der Waals surface area contributed by atoms with Crippen molar-refractivity contribution >= 4 is 0 Å². The molecule has 0 saturated carbocycles. The topological polar surface area (TPSA) is 25.8 Å². The highest BCUT2D eigenvalue weighted by atomic mass is 16.5. The standard InChI is InChI=1S/C12H17NO/c1-9-5-3-6-10(12(9)14-2)11-7-4-8-13-11/h3,5-6,11,13H,4,7-8H2,1-2H3/p+1/t11-/m0/s1. The van der Waals surface area contributed by atoms with Gasteiger partial charge in [0.1, 0.15) is 11.8 Å². The van der Waals surface area contributed by atoms with E-state index in [-0.39, 0.29) is 0 Å². The average Bonchev–Trinajstić information content (AvgIpc) is 2.70. The Kier molecular flexibility index (Phi) is 2.73. The number of benzene rings is 1. The molecule has 0 aliphatic carbocycles. The van der Waals surface area contributed by atoms with Gasteiger partial charge in [0.2, 0.25) is 0 Å². The SMILES string of the molecule is COc1c(C)cccc1[C@@H]1CCC[NH2+]1. The van der Waals surface area contributed by atoms with Crippen LogP contribution in [0.1, 0.15) is 30.0 Å². The molecule has 1 aromatic carbocycles. The molecule has 1 fully saturated rings. The summed E-state index contributed by atoms with van der Waals surface area (Å²) in [5.74, 6) is 1.08. The molecule has 2 rings (SSSR count). The first-order valence-corrected chi connectivity index (χ1v) is 5.29. The van der Waals surface area contributed by atoms with E-state index >= 15 is 0 Å². The predicted molar refractivity (Wildman–Crippen MR) is 56.5 cm³/mol. The second kappa shape index (κ2) is 4.01. The van der Waals surface area contributed by atoms with Crippen molar-refractivity contribution in [2.45, 2.75) is 25.8 Å². The highest BCUT2D eigenvalue weighted by Crippen LogP contribution is 2.29. The first-order chi connectivity index (χ1) is 6.83. The van der Waals surface area contributed by atoms with Crippen LogP contribution in [-0.4, -0.2) is 13.7 Å². The molecule has 1 heterocycles. The third kappa shape index (κ3) is 1.62. The van der Waals surface area contributed by atoms with Crippen LogP contribution in [0.15, 0.2) is 18.2 Å². The first kappa shape index (κ1) is 9.53. The van der Waals surface area contributed by atoms with Crippen LogP contribution < -0.4 is 10.1 Å². The number of aryl methyl sites for hydroxylation is 1. The number of hydrogen-bond donors (Lipinski definition) is 1. The molecular weight excluding hydrogens is 174 g/mol. The Balaban J connectivity index is 2.35. The fourth-order valence-electron chi connectivity index (χ4n) is 2.30. The number of hydrogen-bond acceptors (Lipinski definition) is 1. The van der Waals surface area contributed by atoms with Gasteiger partial charge < -0.3 is 10.1 Å². The first-order valence-electron chi connectivity index (χ1n) is 5.29. The lowest BCUT2D eigenvalue weighted by Gasteiger charge is -2.14. The van der Waals surface area contributed by atoms with Gasteiger partial charge in [-0.3, -0.25) is 0 Å². The minimum Gasteiger partial charge on any atom is -0.496 e. The molecule has 0 bridgehead atoms. The summed E-state index contributed by atoms with van der Waals surface area (Å²) in [6, 6.07) is 7.04. The lowest BCUT2D eigenvalue weighted by molar-refractivity contribution is -0.676. The van der Waals surface area contributed by atoms with E-state index < -0.39 is 0 Å². The molecule has 14 heavy (non-hydrogen) atoms. The Labute approximate surface area is 85.3 Å². The molecule has 2 N–H and O–H groups in total. The summed E-state index contributed by atoms with van der Waals surface area (Å²) in [6.07, 6.45) is 2.60. The Bertz CT molecular complexity index is 316. The van der Waals surface area contributed by atoms with Gasteiger partial charge in [-0.15, -0.1) is 0 Å². The molecule has 1 saturated heterocycles. The average molecular weight is 192 g/mol. The number of rotatable bonds is 2. The number of nitrogens with two attached hydrogens (primary N) is 1. The van der Waals surface area contributed by atoms with Crippen molar-refractivity contribution in [2.24, 2.45) is 0 Å². The summed E-state index contributed by atoms with van der Waals surface area (Å²) in [5.41, 5.74) is 2.61. The van der Waals surface area contributed by atoms with Crippen LogP contribution in [-0.2, 0) is 0 Å². The fraction of sp³-hybridized carbons (Fsp3) is 0.500. The largest absolute Gasteiger partial charge is 0.496 e. The second-order valence-electron chi connectivity index (χ2n) is 3.97. The molecule has 0 amide bonds. The normalized spacial score (nSPS) is 21.1. The van der Waals surface area contributed by atoms with Crippen LogP contribution in [0, 0.1) is 6.92 Å². The van der Waals surface area contributed by atoms with Crippen molar-refractivity contribution in [3.05, 3.63) is 29.3 Å². The summed E-state index contributed by atoms with van der Waals surface area (Å²) in [6.45, 7) is 3.36. The van der Waals surface area contributed by atoms with Crippen LogP contribution >= 0.6 is 0 Å². The molecule has 0 radical (unpaired) electrons. The van der Waals surface area contributed by atoms with Gasteiger partial charge in [-0.1, -0.05) is 12.1 Å². The van der Waals surface area contributed by atoms with Crippen LogP contribution in [0.3, 0.4) is 0 Å². The summed E-state index contributed by atoms with van der Waals surface area (Å²) >= 11 is 0. The summed E-state index contributed by atoms with van der Waals surface area (Å²) in [5, 5.41) is 2.41. The number of quaternary nitrogens is 1. The minimum atomic E-state index is 0.616. The van der Waals surface area contributed by atoms with Crippen molar-refractivity contribution in [3.8, 4) is 5.75 Å². The summed E-state index contributed by atoms with van der Waals surface area (Å²) in [7, 11) is 1.76. The Morgan fingerprint density at radius 2 is 2.29 bits per heavy atom. The van der Waals surface area contributed by atoms with Gasteiger partial charge in [-0.2, -0.15) is 0 Å². The van der Waals surface area contributed by atoms with E-state index in [1.807, 2.05) is 0 Å². The molecule has 1 aliphatic heterocycles. The van der Waals surface area contributed by atoms with Crippen molar-refractivity contribution in [3.63, 3.8) is 0 Å². The van der Waals surface area contributed by atoms with Crippen molar-refractivity contribution in [1.29, 1.82) is 0 Å². The van der Waals surface area contributed by atoms with E-state index in [9.17, 15) is 0 Å². The monoisotopic (exact) mass is 192 g/mol. The van der Waals surface area contributed by atoms with Crippen LogP contribution in [0.25, 0.3) is 0 Å². The van der Waals surface area contributed by atoms with Gasteiger partial charge >= 0.3 is 0 Å². The molecule has 0 aromatic heterocycles. The van der Waals surface area contributed by atoms with Crippen LogP contribution in [0.5, 0.6) is 5.75 Å². The van der Waals surface area contributed by atoms with Crippen molar-refractivity contribution < 1.29 is 10.1 Å². The highest BCUT2D eigenvalue weighted by Gasteiger charge is 2.23. The predicted octanol–water partition coefficient (Wildman–Crippen LogP) is 1.40. The Morgan fingerprint density at radius 1 is 1.43 bits per heavy atom. The lowest BCUT2D eigenvalue weighted by Crippen LogP contribution is -2.81. The van der Waals surface area contributed by atoms with Crippen molar-refractivity contribution in [2.75, 3.05) is 13.7 Å². The van der Waals surface area contributed by atoms with E-state index in [1.165, 1.54) is 30.5 Å². The van der Waals surface area contributed by atoms with E-state index in [2.05, 4.69) is 30.4 Å². The minimum absolute atomic E-state index is 0.616. The zero-order valence-corrected chi connectivity index (χ0v) is 8.92. The number of ether oxygens (including phenoxy) is 1. The molecule has 1 aromatic rings. The van der Waals surface area contributed by atoms with E-state index in [0.29, 0.717) is 6.04 Å². The van der Waals surface area contributed by atoms with Gasteiger partial charge in [-0.05, 0) is 18.6 Å². The van der Waals surface area contributed by atoms with Gasteiger partial charge in [0.05, 0.1) is 19.2 Å². The summed E-state index contributed by atoms with van der Waals surface area (Å²) < 4.78 is 5.47. The maximum Gasteiger partial charge on any atom is 0.130 e. The maximum absolute atomic E-state index is 5.47. The zero-order chi connectivity index (χ0) is 9.97. The van der Waals surface area contributed by atoms with E-state index in [0.717, 1.165) is 5.75 Å². The van der Waals surface area contributed by atoms with E-state index in [1.54, 1.807) is 7.11 Å². The van der Waals surface area contributed by atoms with Gasteiger partial charge in [0.25, 0.3) is 0 Å². The van der Waals surface area contributed by atoms with Crippen LogP contribution in [0.2, 0.25) is 0 Å². The van der Waals surface area contributed by atoms with Crippen LogP contribution in [0.4, 0.5) is 0 Å². The molecule has 0 unspecified atom stereocenters. The zero-order valence-electron chi connectivity index (χ0n) is 8.92. The van der Waals surface area contributed by atoms with Gasteiger partial charge in [-0.25, -0.2) is 0 Å². The van der Waals surface area contributed by atoms with Crippen molar-refractivity contribution in [1.82, 2.24) is 0 Å². The molecule has 0 spiro atoms. The molecular formula is C12H18NO+. The van der Waals surface area contributed by atoms with Gasteiger partial charge in [0.15, 0.2) is 0 Å². The Hall–Kier alpha value is -1.02. The third-order valence-electron chi connectivity index (χ3n) is 3.02. The Morgan fingerprint density at radius 3 is 2.93 bits per heavy atom. The lowest BCUT2D eigenvalue weighted by atomic mass is 10.0. The second-order valence-corrected chi connectivity index (χ2v) is 3.97. The number of methoxy groups -OCH3 is 1. The molecule has 1 aliphatic rings. The summed E-state index contributed by atoms with van der Waals surface area (Å²) in [4.78, 5) is 0. The van der Waals surface area contributed by atoms with Gasteiger partial charge in [0, 0.05) is 12.8 Å². The molecule has 2 heteroatoms. The molecule has 2 nitrogen and oxygen atoms in total. The molecule has 1 atom stereocenters. The quantitative estimate of drug-likeness (QED) is 0.753. The smallest absolute Gasteiger partial charge is 0.130 e.